The molecule has 0 radical (unpaired) electrons. The van der Waals surface area contributed by atoms with Crippen molar-refractivity contribution in [3.63, 3.8) is 0 Å². The maximum Gasteiger partial charge on any atom is 0.251 e. The van der Waals surface area contributed by atoms with Gasteiger partial charge in [0, 0.05) is 17.5 Å². The van der Waals surface area contributed by atoms with E-state index in [-0.39, 0.29) is 18.2 Å². The van der Waals surface area contributed by atoms with E-state index in [4.69, 9.17) is 9.47 Å². The molecule has 7 heteroatoms. The number of benzene rings is 2. The van der Waals surface area contributed by atoms with Crippen LogP contribution in [-0.2, 0) is 16.1 Å². The van der Waals surface area contributed by atoms with Gasteiger partial charge in [-0.15, -0.1) is 11.8 Å². The molecular formula is C21H24N2O4S. The summed E-state index contributed by atoms with van der Waals surface area (Å²) in [6.07, 6.45) is 2.18. The number of hydrogen-bond acceptors (Lipinski definition) is 6. The Morgan fingerprint density at radius 1 is 1.11 bits per heavy atom. The monoisotopic (exact) mass is 400 g/mol. The van der Waals surface area contributed by atoms with E-state index >= 15 is 0 Å². The zero-order valence-electron chi connectivity index (χ0n) is 16.5. The molecule has 1 saturated heterocycles. The van der Waals surface area contributed by atoms with Gasteiger partial charge in [-0.1, -0.05) is 12.1 Å². The molecule has 2 aromatic carbocycles. The maximum absolute atomic E-state index is 13.0. The smallest absolute Gasteiger partial charge is 0.251 e. The zero-order chi connectivity index (χ0) is 20.3. The molecule has 0 aromatic heterocycles. The zero-order valence-corrected chi connectivity index (χ0v) is 17.3. The van der Waals surface area contributed by atoms with E-state index in [0.29, 0.717) is 23.7 Å². The number of anilines is 1. The molecule has 2 amide bonds. The molecule has 1 aliphatic rings. The molecule has 0 saturated carbocycles. The van der Waals surface area contributed by atoms with E-state index in [1.54, 1.807) is 37.1 Å². The Morgan fingerprint density at radius 2 is 1.82 bits per heavy atom. The highest BCUT2D eigenvalue weighted by atomic mass is 32.2. The van der Waals surface area contributed by atoms with E-state index in [0.717, 1.165) is 5.56 Å². The van der Waals surface area contributed by atoms with E-state index < -0.39 is 6.04 Å². The molecule has 1 atom stereocenters. The van der Waals surface area contributed by atoms with Crippen molar-refractivity contribution in [2.75, 3.05) is 32.4 Å². The number of carbonyl (C=O) groups excluding carboxylic acids is 2. The quantitative estimate of drug-likeness (QED) is 0.526. The normalized spacial score (nSPS) is 16.8. The molecule has 0 spiro atoms. The topological polar surface area (TPSA) is 59.1 Å². The summed E-state index contributed by atoms with van der Waals surface area (Å²) in [5.74, 6) is 0.554. The van der Waals surface area contributed by atoms with Gasteiger partial charge in [-0.2, -0.15) is 0 Å². The van der Waals surface area contributed by atoms with Crippen LogP contribution in [0, 0.1) is 0 Å². The number of hydrogen-bond donors (Lipinski definition) is 0. The largest absolute Gasteiger partial charge is 0.497 e. The summed E-state index contributed by atoms with van der Waals surface area (Å²) < 4.78 is 10.6. The van der Waals surface area contributed by atoms with Gasteiger partial charge in [-0.3, -0.25) is 14.5 Å². The molecular weight excluding hydrogens is 376 g/mol. The van der Waals surface area contributed by atoms with Gasteiger partial charge in [0.15, 0.2) is 0 Å². The number of nitrogens with zero attached hydrogens (tertiary/aromatic N) is 2. The third kappa shape index (κ3) is 4.00. The summed E-state index contributed by atoms with van der Waals surface area (Å²) in [6.45, 7) is 0.589. The molecule has 0 N–H and O–H groups in total. The van der Waals surface area contributed by atoms with Gasteiger partial charge < -0.3 is 9.47 Å². The number of rotatable bonds is 7. The highest BCUT2D eigenvalue weighted by Gasteiger charge is 2.42. The first-order valence-electron chi connectivity index (χ1n) is 8.90. The molecule has 148 valence electrons. The van der Waals surface area contributed by atoms with Crippen LogP contribution in [0.1, 0.15) is 12.0 Å². The Morgan fingerprint density at radius 3 is 2.43 bits per heavy atom. The van der Waals surface area contributed by atoms with Gasteiger partial charge >= 0.3 is 0 Å². The Balaban J connectivity index is 1.79. The van der Waals surface area contributed by atoms with Crippen LogP contribution in [0.4, 0.5) is 5.69 Å². The van der Waals surface area contributed by atoms with Crippen LogP contribution in [0.5, 0.6) is 11.5 Å². The Labute approximate surface area is 169 Å². The molecule has 28 heavy (non-hydrogen) atoms. The van der Waals surface area contributed by atoms with Crippen LogP contribution in [0.2, 0.25) is 0 Å². The van der Waals surface area contributed by atoms with Crippen LogP contribution in [0.3, 0.4) is 0 Å². The highest BCUT2D eigenvalue weighted by Crippen LogP contribution is 2.36. The van der Waals surface area contributed by atoms with Crippen molar-refractivity contribution in [2.24, 2.45) is 0 Å². The summed E-state index contributed by atoms with van der Waals surface area (Å²) in [5, 5.41) is 0. The van der Waals surface area contributed by atoms with Crippen LogP contribution >= 0.6 is 11.8 Å². The van der Waals surface area contributed by atoms with Gasteiger partial charge in [-0.05, 0) is 43.1 Å². The number of methoxy groups -OCH3 is 2. The van der Waals surface area contributed by atoms with Gasteiger partial charge in [-0.25, -0.2) is 4.90 Å². The Kier molecular flexibility index (Phi) is 6.26. The summed E-state index contributed by atoms with van der Waals surface area (Å²) in [6, 6.07) is 12.8. The lowest BCUT2D eigenvalue weighted by Crippen LogP contribution is -2.39. The number of thioether (sulfide) groups is 1. The molecule has 1 heterocycles. The average Bonchev–Trinajstić information content (AvgIpc) is 3.02. The second kappa shape index (κ2) is 8.67. The maximum atomic E-state index is 13.0. The van der Waals surface area contributed by atoms with Gasteiger partial charge in [0.2, 0.25) is 5.91 Å². The number of carbonyl (C=O) groups is 2. The molecule has 1 fully saturated rings. The fourth-order valence-corrected chi connectivity index (χ4v) is 3.72. The molecule has 1 aliphatic heterocycles. The van der Waals surface area contributed by atoms with Crippen molar-refractivity contribution in [1.82, 2.24) is 4.90 Å². The van der Waals surface area contributed by atoms with Crippen molar-refractivity contribution < 1.29 is 19.1 Å². The van der Waals surface area contributed by atoms with Crippen LogP contribution in [0.15, 0.2) is 47.4 Å². The fourth-order valence-electron chi connectivity index (χ4n) is 3.31. The average molecular weight is 401 g/mol. The van der Waals surface area contributed by atoms with Crippen molar-refractivity contribution in [3.8, 4) is 11.5 Å². The van der Waals surface area contributed by atoms with Crippen molar-refractivity contribution >= 4 is 29.3 Å². The van der Waals surface area contributed by atoms with E-state index in [9.17, 15) is 9.59 Å². The molecule has 3 rings (SSSR count). The summed E-state index contributed by atoms with van der Waals surface area (Å²) in [7, 11) is 4.93. The van der Waals surface area contributed by atoms with E-state index in [1.165, 1.54) is 16.9 Å². The standard InChI is InChI=1S/C21H24N2O4S/c1-22(13-14-5-8-16(28-4)9-6-14)18-12-20(24)23(21(18)25)17-10-7-15(26-2)11-19(17)27-3/h5-11,18H,12-13H2,1-4H3. The van der Waals surface area contributed by atoms with Gasteiger partial charge in [0.05, 0.1) is 32.4 Å². The van der Waals surface area contributed by atoms with Crippen LogP contribution in [0.25, 0.3) is 0 Å². The predicted octanol–water partition coefficient (Wildman–Crippen LogP) is 3.19. The first-order chi connectivity index (χ1) is 13.5. The second-order valence-electron chi connectivity index (χ2n) is 6.59. The van der Waals surface area contributed by atoms with Crippen molar-refractivity contribution in [3.05, 3.63) is 48.0 Å². The minimum Gasteiger partial charge on any atom is -0.497 e. The first kappa shape index (κ1) is 20.2. The number of imide groups is 1. The van der Waals surface area contributed by atoms with Gasteiger partial charge in [0.1, 0.15) is 11.5 Å². The van der Waals surface area contributed by atoms with Gasteiger partial charge in [0.25, 0.3) is 5.91 Å². The summed E-state index contributed by atoms with van der Waals surface area (Å²) in [5.41, 5.74) is 1.54. The molecule has 6 nitrogen and oxygen atoms in total. The van der Waals surface area contributed by atoms with E-state index in [1.807, 2.05) is 30.3 Å². The Hall–Kier alpha value is -2.51. The number of likely N-dealkylation sites (N-methyl/N-ethyl adjacent to an activating group) is 1. The second-order valence-corrected chi connectivity index (χ2v) is 7.47. The minimum absolute atomic E-state index is 0.146. The molecule has 2 aromatic rings. The third-order valence-electron chi connectivity index (χ3n) is 4.87. The highest BCUT2D eigenvalue weighted by molar-refractivity contribution is 7.98. The number of amides is 2. The lowest BCUT2D eigenvalue weighted by molar-refractivity contribution is -0.122. The van der Waals surface area contributed by atoms with Crippen LogP contribution in [-0.4, -0.2) is 50.3 Å². The number of ether oxygens (including phenoxy) is 2. The van der Waals surface area contributed by atoms with Crippen LogP contribution < -0.4 is 14.4 Å². The summed E-state index contributed by atoms with van der Waals surface area (Å²) in [4.78, 5) is 30.0. The van der Waals surface area contributed by atoms with E-state index in [2.05, 4.69) is 12.1 Å². The SMILES string of the molecule is COc1ccc(N2C(=O)CC(N(C)Cc3ccc(SC)cc3)C2=O)c(OC)c1. The first-order valence-corrected chi connectivity index (χ1v) is 10.1. The fraction of sp³-hybridized carbons (Fsp3) is 0.333. The minimum atomic E-state index is -0.500. The summed E-state index contributed by atoms with van der Waals surface area (Å²) >= 11 is 1.69. The predicted molar refractivity (Wildman–Crippen MR) is 110 cm³/mol. The van der Waals surface area contributed by atoms with Crippen molar-refractivity contribution in [1.29, 1.82) is 0 Å². The third-order valence-corrected chi connectivity index (χ3v) is 5.62. The van der Waals surface area contributed by atoms with Crippen molar-refractivity contribution in [2.45, 2.75) is 23.9 Å². The lowest BCUT2D eigenvalue weighted by Gasteiger charge is -2.23. The lowest BCUT2D eigenvalue weighted by atomic mass is 10.1. The molecule has 1 unspecified atom stereocenters. The molecule has 0 bridgehead atoms. The molecule has 0 aliphatic carbocycles. The Bertz CT molecular complexity index is 869.